The van der Waals surface area contributed by atoms with Gasteiger partial charge in [-0.1, -0.05) is 12.1 Å². The van der Waals surface area contributed by atoms with Crippen molar-refractivity contribution in [2.24, 2.45) is 0 Å². The van der Waals surface area contributed by atoms with Gasteiger partial charge in [0, 0.05) is 6.54 Å². The van der Waals surface area contributed by atoms with Gasteiger partial charge in [-0.2, -0.15) is 0 Å². The molecule has 1 atom stereocenters. The SMILES string of the molecule is CNCc1cc(C)c(OCC2CNC(=O)O2)c(C)c1. The molecule has 1 unspecified atom stereocenters. The number of amides is 1. The average Bonchev–Trinajstić information content (AvgIpc) is 2.74. The van der Waals surface area contributed by atoms with Crippen molar-refractivity contribution in [2.75, 3.05) is 20.2 Å². The lowest BCUT2D eigenvalue weighted by atomic mass is 10.1. The molecule has 0 saturated carbocycles. The molecule has 1 aromatic carbocycles. The molecule has 1 aliphatic heterocycles. The summed E-state index contributed by atoms with van der Waals surface area (Å²) in [6, 6.07) is 4.22. The van der Waals surface area contributed by atoms with Gasteiger partial charge < -0.3 is 20.1 Å². The Kier molecular flexibility index (Phi) is 4.27. The summed E-state index contributed by atoms with van der Waals surface area (Å²) in [5.74, 6) is 0.878. The fourth-order valence-electron chi connectivity index (χ4n) is 2.27. The van der Waals surface area contributed by atoms with E-state index >= 15 is 0 Å². The maximum absolute atomic E-state index is 10.9. The Labute approximate surface area is 113 Å². The van der Waals surface area contributed by atoms with E-state index in [9.17, 15) is 4.79 Å². The number of carbonyl (C=O) groups excluding carboxylic acids is 1. The Morgan fingerprint density at radius 3 is 2.63 bits per heavy atom. The quantitative estimate of drug-likeness (QED) is 0.846. The number of rotatable bonds is 5. The third-order valence-electron chi connectivity index (χ3n) is 3.06. The Morgan fingerprint density at radius 1 is 1.42 bits per heavy atom. The van der Waals surface area contributed by atoms with Gasteiger partial charge >= 0.3 is 6.09 Å². The molecule has 1 fully saturated rings. The predicted molar refractivity (Wildman–Crippen MR) is 72.4 cm³/mol. The van der Waals surface area contributed by atoms with Crippen LogP contribution in [-0.4, -0.2) is 32.4 Å². The highest BCUT2D eigenvalue weighted by Gasteiger charge is 2.23. The molecule has 5 nitrogen and oxygen atoms in total. The van der Waals surface area contributed by atoms with Crippen LogP contribution in [0.3, 0.4) is 0 Å². The van der Waals surface area contributed by atoms with Crippen LogP contribution in [0.15, 0.2) is 12.1 Å². The highest BCUT2D eigenvalue weighted by atomic mass is 16.6. The highest BCUT2D eigenvalue weighted by molar-refractivity contribution is 5.69. The molecule has 0 bridgehead atoms. The normalized spacial score (nSPS) is 18.1. The molecule has 0 aliphatic carbocycles. The number of cyclic esters (lactones) is 1. The van der Waals surface area contributed by atoms with Gasteiger partial charge in [0.1, 0.15) is 12.4 Å². The van der Waals surface area contributed by atoms with E-state index in [2.05, 4.69) is 22.8 Å². The molecule has 1 saturated heterocycles. The lowest BCUT2D eigenvalue weighted by Gasteiger charge is -2.16. The maximum Gasteiger partial charge on any atom is 0.407 e. The van der Waals surface area contributed by atoms with Crippen LogP contribution in [0.25, 0.3) is 0 Å². The van der Waals surface area contributed by atoms with Crippen LogP contribution in [0.5, 0.6) is 5.75 Å². The summed E-state index contributed by atoms with van der Waals surface area (Å²) < 4.78 is 10.8. The highest BCUT2D eigenvalue weighted by Crippen LogP contribution is 2.25. The predicted octanol–water partition coefficient (Wildman–Crippen LogP) is 1.51. The molecule has 0 radical (unpaired) electrons. The number of ether oxygens (including phenoxy) is 2. The van der Waals surface area contributed by atoms with Gasteiger partial charge in [0.2, 0.25) is 0 Å². The molecule has 2 rings (SSSR count). The number of hydrogen-bond donors (Lipinski definition) is 2. The molecule has 1 aromatic rings. The second-order valence-electron chi connectivity index (χ2n) is 4.81. The van der Waals surface area contributed by atoms with E-state index in [-0.39, 0.29) is 12.2 Å². The number of hydrogen-bond acceptors (Lipinski definition) is 4. The molecule has 0 spiro atoms. The first-order valence-corrected chi connectivity index (χ1v) is 6.42. The van der Waals surface area contributed by atoms with Crippen LogP contribution in [0, 0.1) is 13.8 Å². The lowest BCUT2D eigenvalue weighted by molar-refractivity contribution is 0.104. The van der Waals surface area contributed by atoms with E-state index in [0.717, 1.165) is 23.4 Å². The molecule has 5 heteroatoms. The van der Waals surface area contributed by atoms with Gasteiger partial charge in [0.25, 0.3) is 0 Å². The van der Waals surface area contributed by atoms with Crippen molar-refractivity contribution >= 4 is 6.09 Å². The van der Waals surface area contributed by atoms with Gasteiger partial charge in [0.05, 0.1) is 6.54 Å². The molecule has 104 valence electrons. The minimum atomic E-state index is -0.369. The third kappa shape index (κ3) is 3.38. The first kappa shape index (κ1) is 13.7. The molecule has 2 N–H and O–H groups in total. The zero-order chi connectivity index (χ0) is 13.8. The van der Waals surface area contributed by atoms with E-state index in [0.29, 0.717) is 13.2 Å². The minimum Gasteiger partial charge on any atom is -0.489 e. The Bertz CT molecular complexity index is 451. The monoisotopic (exact) mass is 264 g/mol. The van der Waals surface area contributed by atoms with Crippen LogP contribution in [0.2, 0.25) is 0 Å². The summed E-state index contributed by atoms with van der Waals surface area (Å²) in [4.78, 5) is 10.9. The molecule has 1 heterocycles. The second kappa shape index (κ2) is 5.93. The molecule has 19 heavy (non-hydrogen) atoms. The summed E-state index contributed by atoms with van der Waals surface area (Å²) in [6.07, 6.45) is -0.574. The van der Waals surface area contributed by atoms with E-state index in [4.69, 9.17) is 9.47 Å². The van der Waals surface area contributed by atoms with Crippen molar-refractivity contribution in [3.63, 3.8) is 0 Å². The lowest BCUT2D eigenvalue weighted by Crippen LogP contribution is -2.22. The summed E-state index contributed by atoms with van der Waals surface area (Å²) >= 11 is 0. The Morgan fingerprint density at radius 2 is 2.11 bits per heavy atom. The first-order chi connectivity index (χ1) is 9.10. The molecular formula is C14H20N2O3. The van der Waals surface area contributed by atoms with Crippen molar-refractivity contribution in [1.82, 2.24) is 10.6 Å². The van der Waals surface area contributed by atoms with Crippen molar-refractivity contribution < 1.29 is 14.3 Å². The minimum absolute atomic E-state index is 0.205. The van der Waals surface area contributed by atoms with Gasteiger partial charge in [0.15, 0.2) is 6.10 Å². The van der Waals surface area contributed by atoms with Crippen LogP contribution < -0.4 is 15.4 Å². The van der Waals surface area contributed by atoms with E-state index < -0.39 is 0 Å². The smallest absolute Gasteiger partial charge is 0.407 e. The molecular weight excluding hydrogens is 244 g/mol. The van der Waals surface area contributed by atoms with Crippen molar-refractivity contribution in [3.8, 4) is 5.75 Å². The third-order valence-corrected chi connectivity index (χ3v) is 3.06. The number of nitrogens with one attached hydrogen (secondary N) is 2. The summed E-state index contributed by atoms with van der Waals surface area (Å²) in [6.45, 7) is 5.79. The van der Waals surface area contributed by atoms with Crippen LogP contribution >= 0.6 is 0 Å². The Hall–Kier alpha value is -1.75. The molecule has 1 aliphatic rings. The van der Waals surface area contributed by atoms with E-state index in [1.807, 2.05) is 20.9 Å². The zero-order valence-corrected chi connectivity index (χ0v) is 11.6. The summed E-state index contributed by atoms with van der Waals surface area (Å²) in [7, 11) is 1.93. The van der Waals surface area contributed by atoms with Crippen molar-refractivity contribution in [1.29, 1.82) is 0 Å². The van der Waals surface area contributed by atoms with Crippen LogP contribution in [0.1, 0.15) is 16.7 Å². The summed E-state index contributed by atoms with van der Waals surface area (Å²) in [5.41, 5.74) is 3.43. The fraction of sp³-hybridized carbons (Fsp3) is 0.500. The Balaban J connectivity index is 2.01. The zero-order valence-electron chi connectivity index (χ0n) is 11.6. The largest absolute Gasteiger partial charge is 0.489 e. The number of alkyl carbamates (subject to hydrolysis) is 1. The van der Waals surface area contributed by atoms with Gasteiger partial charge in [-0.15, -0.1) is 0 Å². The topological polar surface area (TPSA) is 59.6 Å². The number of aryl methyl sites for hydroxylation is 2. The maximum atomic E-state index is 10.9. The fourth-order valence-corrected chi connectivity index (χ4v) is 2.27. The van der Waals surface area contributed by atoms with Gasteiger partial charge in [-0.25, -0.2) is 4.79 Å². The molecule has 1 amide bonds. The number of benzene rings is 1. The standard InChI is InChI=1S/C14H20N2O3/c1-9-4-11(6-15-3)5-10(2)13(9)18-8-12-7-16-14(17)19-12/h4-5,12,15H,6-8H2,1-3H3,(H,16,17). The van der Waals surface area contributed by atoms with E-state index in [1.165, 1.54) is 5.56 Å². The number of carbonyl (C=O) groups is 1. The van der Waals surface area contributed by atoms with Gasteiger partial charge in [-0.3, -0.25) is 0 Å². The van der Waals surface area contributed by atoms with Crippen LogP contribution in [-0.2, 0) is 11.3 Å². The van der Waals surface area contributed by atoms with Crippen molar-refractivity contribution in [2.45, 2.75) is 26.5 Å². The van der Waals surface area contributed by atoms with E-state index in [1.54, 1.807) is 0 Å². The van der Waals surface area contributed by atoms with Crippen LogP contribution in [0.4, 0.5) is 4.79 Å². The average molecular weight is 264 g/mol. The first-order valence-electron chi connectivity index (χ1n) is 6.42. The second-order valence-corrected chi connectivity index (χ2v) is 4.81. The summed E-state index contributed by atoms with van der Waals surface area (Å²) in [5, 5.41) is 5.74. The molecule has 0 aromatic heterocycles. The van der Waals surface area contributed by atoms with Crippen molar-refractivity contribution in [3.05, 3.63) is 28.8 Å². The van der Waals surface area contributed by atoms with Gasteiger partial charge in [-0.05, 0) is 37.6 Å².